The van der Waals surface area contributed by atoms with Crippen molar-refractivity contribution in [2.75, 3.05) is 12.4 Å². The highest BCUT2D eigenvalue weighted by molar-refractivity contribution is 5.87. The molecule has 0 saturated carbocycles. The van der Waals surface area contributed by atoms with Crippen LogP contribution in [-0.4, -0.2) is 24.0 Å². The van der Waals surface area contributed by atoms with Crippen LogP contribution in [0.3, 0.4) is 0 Å². The Kier molecular flexibility index (Phi) is 5.14. The fraction of sp³-hybridized carbons (Fsp3) is 0.462. The lowest BCUT2D eigenvalue weighted by molar-refractivity contribution is 0.0635. The SMILES string of the molecule is COc1ccc(CNO)cc1NC(=O)OC(C)(C)C. The average Bonchev–Trinajstić information content (AvgIpc) is 2.27. The summed E-state index contributed by atoms with van der Waals surface area (Å²) in [6, 6.07) is 5.19. The number of anilines is 1. The maximum Gasteiger partial charge on any atom is 0.412 e. The molecule has 0 aliphatic carbocycles. The van der Waals surface area contributed by atoms with E-state index in [1.54, 1.807) is 39.0 Å². The molecule has 0 aromatic heterocycles. The van der Waals surface area contributed by atoms with E-state index in [0.717, 1.165) is 5.56 Å². The number of ether oxygens (including phenoxy) is 2. The highest BCUT2D eigenvalue weighted by atomic mass is 16.6. The summed E-state index contributed by atoms with van der Waals surface area (Å²) in [7, 11) is 1.51. The maximum atomic E-state index is 11.7. The van der Waals surface area contributed by atoms with E-state index in [1.165, 1.54) is 7.11 Å². The first-order chi connectivity index (χ1) is 8.85. The number of methoxy groups -OCH3 is 1. The van der Waals surface area contributed by atoms with Crippen molar-refractivity contribution in [3.8, 4) is 5.75 Å². The van der Waals surface area contributed by atoms with E-state index in [1.807, 2.05) is 0 Å². The van der Waals surface area contributed by atoms with Crippen molar-refractivity contribution in [3.63, 3.8) is 0 Å². The van der Waals surface area contributed by atoms with Crippen LogP contribution >= 0.6 is 0 Å². The van der Waals surface area contributed by atoms with Gasteiger partial charge in [-0.2, -0.15) is 0 Å². The molecule has 0 atom stereocenters. The van der Waals surface area contributed by atoms with Crippen molar-refractivity contribution in [1.82, 2.24) is 5.48 Å². The van der Waals surface area contributed by atoms with Gasteiger partial charge in [-0.15, -0.1) is 0 Å². The Balaban J connectivity index is 2.85. The molecule has 0 heterocycles. The van der Waals surface area contributed by atoms with E-state index < -0.39 is 11.7 Å². The second-order valence-corrected chi connectivity index (χ2v) is 5.00. The molecule has 0 radical (unpaired) electrons. The zero-order valence-corrected chi connectivity index (χ0v) is 11.6. The van der Waals surface area contributed by atoms with Crippen molar-refractivity contribution in [3.05, 3.63) is 23.8 Å². The number of hydrogen-bond acceptors (Lipinski definition) is 5. The summed E-state index contributed by atoms with van der Waals surface area (Å²) in [6.45, 7) is 5.63. The van der Waals surface area contributed by atoms with Crippen molar-refractivity contribution in [2.24, 2.45) is 0 Å². The van der Waals surface area contributed by atoms with Crippen LogP contribution in [0.15, 0.2) is 18.2 Å². The molecule has 6 nitrogen and oxygen atoms in total. The van der Waals surface area contributed by atoms with Crippen LogP contribution in [0.5, 0.6) is 5.75 Å². The highest BCUT2D eigenvalue weighted by Crippen LogP contribution is 2.26. The fourth-order valence-corrected chi connectivity index (χ4v) is 1.47. The summed E-state index contributed by atoms with van der Waals surface area (Å²) in [5.74, 6) is 0.521. The van der Waals surface area contributed by atoms with Gasteiger partial charge in [0.25, 0.3) is 0 Å². The molecule has 1 aromatic carbocycles. The Bertz CT molecular complexity index is 441. The minimum Gasteiger partial charge on any atom is -0.495 e. The first kappa shape index (κ1) is 15.3. The van der Waals surface area contributed by atoms with Gasteiger partial charge in [0.05, 0.1) is 12.8 Å². The van der Waals surface area contributed by atoms with Gasteiger partial charge < -0.3 is 14.7 Å². The first-order valence-electron chi connectivity index (χ1n) is 5.89. The van der Waals surface area contributed by atoms with E-state index in [2.05, 4.69) is 10.8 Å². The Morgan fingerprint density at radius 3 is 2.58 bits per heavy atom. The molecule has 3 N–H and O–H groups in total. The lowest BCUT2D eigenvalue weighted by atomic mass is 10.2. The monoisotopic (exact) mass is 268 g/mol. The van der Waals surface area contributed by atoms with E-state index in [-0.39, 0.29) is 6.54 Å². The number of carbonyl (C=O) groups excluding carboxylic acids is 1. The molecule has 6 heteroatoms. The summed E-state index contributed by atoms with van der Waals surface area (Å²) >= 11 is 0. The smallest absolute Gasteiger partial charge is 0.412 e. The van der Waals surface area contributed by atoms with E-state index in [9.17, 15) is 4.79 Å². The summed E-state index contributed by atoms with van der Waals surface area (Å²) < 4.78 is 10.3. The van der Waals surface area contributed by atoms with Gasteiger partial charge in [0, 0.05) is 6.54 Å². The van der Waals surface area contributed by atoms with Crippen LogP contribution < -0.4 is 15.5 Å². The third kappa shape index (κ3) is 5.15. The van der Waals surface area contributed by atoms with Crippen LogP contribution in [0, 0.1) is 0 Å². The maximum absolute atomic E-state index is 11.7. The van der Waals surface area contributed by atoms with E-state index in [4.69, 9.17) is 14.7 Å². The quantitative estimate of drug-likeness (QED) is 0.731. The summed E-state index contributed by atoms with van der Waals surface area (Å²) in [5, 5.41) is 11.3. The summed E-state index contributed by atoms with van der Waals surface area (Å²) in [6.07, 6.45) is -0.556. The van der Waals surface area contributed by atoms with Gasteiger partial charge in [-0.3, -0.25) is 5.32 Å². The molecule has 19 heavy (non-hydrogen) atoms. The average molecular weight is 268 g/mol. The van der Waals surface area contributed by atoms with Crippen LogP contribution in [0.25, 0.3) is 0 Å². The predicted molar refractivity (Wildman–Crippen MR) is 71.5 cm³/mol. The van der Waals surface area contributed by atoms with Gasteiger partial charge in [-0.25, -0.2) is 10.3 Å². The van der Waals surface area contributed by atoms with E-state index in [0.29, 0.717) is 11.4 Å². The van der Waals surface area contributed by atoms with Crippen LogP contribution in [0.1, 0.15) is 26.3 Å². The van der Waals surface area contributed by atoms with E-state index >= 15 is 0 Å². The molecule has 0 spiro atoms. The molecule has 0 aliphatic rings. The summed E-state index contributed by atoms with van der Waals surface area (Å²) in [5.41, 5.74) is 2.78. The van der Waals surface area contributed by atoms with Crippen LogP contribution in [0.2, 0.25) is 0 Å². The Morgan fingerprint density at radius 2 is 2.05 bits per heavy atom. The molecule has 1 amide bonds. The lowest BCUT2D eigenvalue weighted by Gasteiger charge is -2.20. The molecular formula is C13H20N2O4. The molecular weight excluding hydrogens is 248 g/mol. The second-order valence-electron chi connectivity index (χ2n) is 5.00. The van der Waals surface area contributed by atoms with Crippen LogP contribution in [-0.2, 0) is 11.3 Å². The van der Waals surface area contributed by atoms with Gasteiger partial charge in [0.2, 0.25) is 0 Å². The molecule has 1 aromatic rings. The minimum absolute atomic E-state index is 0.271. The largest absolute Gasteiger partial charge is 0.495 e. The number of amides is 1. The molecule has 1 rings (SSSR count). The van der Waals surface area contributed by atoms with Crippen molar-refractivity contribution < 1.29 is 19.5 Å². The Hall–Kier alpha value is -1.79. The molecule has 0 aliphatic heterocycles. The molecule has 106 valence electrons. The summed E-state index contributed by atoms with van der Waals surface area (Å²) in [4.78, 5) is 11.7. The van der Waals surface area contributed by atoms with Gasteiger partial charge in [-0.05, 0) is 38.5 Å². The third-order valence-corrected chi connectivity index (χ3v) is 2.18. The number of hydroxylamine groups is 1. The van der Waals surface area contributed by atoms with Gasteiger partial charge in [-0.1, -0.05) is 6.07 Å². The number of carbonyl (C=O) groups is 1. The first-order valence-corrected chi connectivity index (χ1v) is 5.89. The van der Waals surface area contributed by atoms with Gasteiger partial charge in [0.1, 0.15) is 11.4 Å². The molecule has 0 unspecified atom stereocenters. The zero-order valence-electron chi connectivity index (χ0n) is 11.6. The third-order valence-electron chi connectivity index (χ3n) is 2.18. The lowest BCUT2D eigenvalue weighted by Crippen LogP contribution is -2.27. The highest BCUT2D eigenvalue weighted by Gasteiger charge is 2.17. The standard InChI is InChI=1S/C13H20N2O4/c1-13(2,3)19-12(16)15-10-7-9(8-14-17)5-6-11(10)18-4/h5-7,14,17H,8H2,1-4H3,(H,15,16). The Morgan fingerprint density at radius 1 is 1.37 bits per heavy atom. The molecule has 0 fully saturated rings. The normalized spacial score (nSPS) is 11.0. The number of rotatable bonds is 4. The second kappa shape index (κ2) is 6.40. The minimum atomic E-state index is -0.568. The topological polar surface area (TPSA) is 79.8 Å². The van der Waals surface area contributed by atoms with Crippen molar-refractivity contribution in [2.45, 2.75) is 32.9 Å². The number of hydrogen-bond donors (Lipinski definition) is 3. The number of nitrogens with one attached hydrogen (secondary N) is 2. The van der Waals surface area contributed by atoms with Crippen molar-refractivity contribution >= 4 is 11.8 Å². The molecule has 0 saturated heterocycles. The van der Waals surface area contributed by atoms with Gasteiger partial charge >= 0.3 is 6.09 Å². The number of benzene rings is 1. The zero-order chi connectivity index (χ0) is 14.5. The van der Waals surface area contributed by atoms with Gasteiger partial charge in [0.15, 0.2) is 0 Å². The van der Waals surface area contributed by atoms with Crippen molar-refractivity contribution in [1.29, 1.82) is 0 Å². The van der Waals surface area contributed by atoms with Crippen LogP contribution in [0.4, 0.5) is 10.5 Å². The molecule has 0 bridgehead atoms. The Labute approximate surface area is 112 Å². The fourth-order valence-electron chi connectivity index (χ4n) is 1.47. The predicted octanol–water partition coefficient (Wildman–Crippen LogP) is 2.52.